The summed E-state index contributed by atoms with van der Waals surface area (Å²) in [5, 5.41) is 0.590. The first-order valence-electron chi connectivity index (χ1n) is 10.1. The summed E-state index contributed by atoms with van der Waals surface area (Å²) in [5.41, 5.74) is 3.24. The number of benzene rings is 2. The Morgan fingerprint density at radius 3 is 2.52 bits per heavy atom. The Bertz CT molecular complexity index is 1070. The molecule has 1 saturated heterocycles. The van der Waals surface area contributed by atoms with E-state index >= 15 is 0 Å². The number of rotatable bonds is 5. The zero-order valence-electron chi connectivity index (χ0n) is 16.8. The second-order valence-electron chi connectivity index (χ2n) is 7.59. The predicted molar refractivity (Wildman–Crippen MR) is 114 cm³/mol. The van der Waals surface area contributed by atoms with Crippen LogP contribution in [0.5, 0.6) is 0 Å². The Labute approximate surface area is 170 Å². The quantitative estimate of drug-likeness (QED) is 0.671. The van der Waals surface area contributed by atoms with Crippen LogP contribution in [0.3, 0.4) is 0 Å². The van der Waals surface area contributed by atoms with Gasteiger partial charge < -0.3 is 4.90 Å². The number of carbonyl (C=O) groups is 1. The zero-order chi connectivity index (χ0) is 20.2. The minimum absolute atomic E-state index is 0.0912. The molecule has 2 heterocycles. The molecule has 1 aliphatic rings. The third kappa shape index (κ3) is 4.38. The molecule has 0 spiro atoms. The van der Waals surface area contributed by atoms with Gasteiger partial charge in [0.2, 0.25) is 5.91 Å². The Hall–Kier alpha value is -2.99. The average Bonchev–Trinajstić information content (AvgIpc) is 2.75. The monoisotopic (exact) mass is 390 g/mol. The highest BCUT2D eigenvalue weighted by Crippen LogP contribution is 2.13. The largest absolute Gasteiger partial charge is 0.340 e. The second kappa shape index (κ2) is 8.57. The zero-order valence-corrected chi connectivity index (χ0v) is 16.8. The molecule has 0 unspecified atom stereocenters. The molecule has 0 atom stereocenters. The van der Waals surface area contributed by atoms with Crippen LogP contribution >= 0.6 is 0 Å². The average molecular weight is 390 g/mol. The summed E-state index contributed by atoms with van der Waals surface area (Å²) < 4.78 is 1.54. The van der Waals surface area contributed by atoms with Crippen molar-refractivity contribution in [3.8, 4) is 0 Å². The highest BCUT2D eigenvalue weighted by Gasteiger charge is 2.21. The maximum absolute atomic E-state index is 12.6. The fourth-order valence-corrected chi connectivity index (χ4v) is 3.82. The van der Waals surface area contributed by atoms with Crippen molar-refractivity contribution in [3.05, 3.63) is 76.3 Å². The molecule has 1 amide bonds. The van der Waals surface area contributed by atoms with E-state index in [9.17, 15) is 9.59 Å². The van der Waals surface area contributed by atoms with Crippen molar-refractivity contribution in [2.75, 3.05) is 26.2 Å². The molecule has 1 aliphatic heterocycles. The molecule has 4 rings (SSSR count). The van der Waals surface area contributed by atoms with E-state index in [1.54, 1.807) is 6.07 Å². The lowest BCUT2D eigenvalue weighted by atomic mass is 10.1. The number of hydrogen-bond donors (Lipinski definition) is 0. The van der Waals surface area contributed by atoms with E-state index < -0.39 is 0 Å². The first-order valence-corrected chi connectivity index (χ1v) is 10.1. The lowest BCUT2D eigenvalue weighted by molar-refractivity contribution is -0.133. The topological polar surface area (TPSA) is 58.4 Å². The summed E-state index contributed by atoms with van der Waals surface area (Å²) >= 11 is 0. The van der Waals surface area contributed by atoms with Gasteiger partial charge in [0.1, 0.15) is 0 Å². The van der Waals surface area contributed by atoms with Gasteiger partial charge in [-0.3, -0.25) is 19.1 Å². The highest BCUT2D eigenvalue weighted by molar-refractivity contribution is 5.77. The minimum Gasteiger partial charge on any atom is -0.340 e. The van der Waals surface area contributed by atoms with E-state index in [1.807, 2.05) is 23.1 Å². The van der Waals surface area contributed by atoms with Crippen molar-refractivity contribution < 1.29 is 4.79 Å². The van der Waals surface area contributed by atoms with Crippen molar-refractivity contribution in [1.82, 2.24) is 19.4 Å². The normalized spacial score (nSPS) is 15.0. The summed E-state index contributed by atoms with van der Waals surface area (Å²) in [7, 11) is 0. The predicted octanol–water partition coefficient (Wildman–Crippen LogP) is 2.44. The summed E-state index contributed by atoms with van der Waals surface area (Å²) in [5.74, 6) is 0.0978. The van der Waals surface area contributed by atoms with Crippen LogP contribution < -0.4 is 5.56 Å². The molecular formula is C23H26N4O2. The SMILES string of the molecule is Cc1ccccc1CN1CCN(C(=O)CCn2cnc3ccccc3c2=O)CC1. The first kappa shape index (κ1) is 19.3. The van der Waals surface area contributed by atoms with E-state index in [4.69, 9.17) is 0 Å². The van der Waals surface area contributed by atoms with Gasteiger partial charge in [-0.25, -0.2) is 4.98 Å². The van der Waals surface area contributed by atoms with Gasteiger partial charge in [0.25, 0.3) is 5.56 Å². The van der Waals surface area contributed by atoms with Crippen molar-refractivity contribution in [2.45, 2.75) is 26.4 Å². The Kier molecular flexibility index (Phi) is 5.71. The number of aryl methyl sites for hydroxylation is 2. The van der Waals surface area contributed by atoms with E-state index in [0.717, 1.165) is 32.7 Å². The van der Waals surface area contributed by atoms with Gasteiger partial charge in [-0.2, -0.15) is 0 Å². The van der Waals surface area contributed by atoms with Gasteiger partial charge in [0, 0.05) is 45.7 Å². The number of carbonyl (C=O) groups excluding carboxylic acids is 1. The molecule has 0 saturated carbocycles. The molecule has 29 heavy (non-hydrogen) atoms. The molecule has 6 nitrogen and oxygen atoms in total. The smallest absolute Gasteiger partial charge is 0.261 e. The molecule has 6 heteroatoms. The number of amides is 1. The van der Waals surface area contributed by atoms with Gasteiger partial charge in [-0.1, -0.05) is 36.4 Å². The fraction of sp³-hybridized carbons (Fsp3) is 0.348. The van der Waals surface area contributed by atoms with E-state index in [0.29, 0.717) is 23.9 Å². The molecule has 1 aromatic heterocycles. The fourth-order valence-electron chi connectivity index (χ4n) is 3.82. The second-order valence-corrected chi connectivity index (χ2v) is 7.59. The van der Waals surface area contributed by atoms with E-state index in [2.05, 4.69) is 41.1 Å². The molecule has 0 N–H and O–H groups in total. The standard InChI is InChI=1S/C23H26N4O2/c1-18-6-2-3-7-19(18)16-25-12-14-26(15-13-25)22(28)10-11-27-17-24-21-9-5-4-8-20(21)23(27)29/h2-9,17H,10-16H2,1H3. The Balaban J connectivity index is 1.31. The molecule has 0 radical (unpaired) electrons. The van der Waals surface area contributed by atoms with Crippen LogP contribution in [0.2, 0.25) is 0 Å². The number of aromatic nitrogens is 2. The van der Waals surface area contributed by atoms with Crippen molar-refractivity contribution in [1.29, 1.82) is 0 Å². The van der Waals surface area contributed by atoms with Crippen LogP contribution in [0.4, 0.5) is 0 Å². The maximum atomic E-state index is 12.6. The van der Waals surface area contributed by atoms with Gasteiger partial charge in [-0.05, 0) is 30.2 Å². The van der Waals surface area contributed by atoms with E-state index in [-0.39, 0.29) is 11.5 Å². The first-order chi connectivity index (χ1) is 14.1. The molecule has 2 aromatic carbocycles. The summed E-state index contributed by atoms with van der Waals surface area (Å²) in [6, 6.07) is 15.7. The Morgan fingerprint density at radius 1 is 1.00 bits per heavy atom. The van der Waals surface area contributed by atoms with Gasteiger partial charge in [-0.15, -0.1) is 0 Å². The van der Waals surface area contributed by atoms with Crippen LogP contribution in [0.1, 0.15) is 17.5 Å². The summed E-state index contributed by atoms with van der Waals surface area (Å²) in [6.45, 7) is 6.63. The third-order valence-corrected chi connectivity index (χ3v) is 5.68. The molecule has 150 valence electrons. The van der Waals surface area contributed by atoms with Gasteiger partial charge in [0.15, 0.2) is 0 Å². The molecule has 0 bridgehead atoms. The maximum Gasteiger partial charge on any atom is 0.261 e. The van der Waals surface area contributed by atoms with Crippen LogP contribution in [-0.4, -0.2) is 51.4 Å². The number of para-hydroxylation sites is 1. The molecular weight excluding hydrogens is 364 g/mol. The molecule has 1 fully saturated rings. The molecule has 0 aliphatic carbocycles. The number of nitrogens with zero attached hydrogens (tertiary/aromatic N) is 4. The van der Waals surface area contributed by atoms with Crippen molar-refractivity contribution >= 4 is 16.8 Å². The summed E-state index contributed by atoms with van der Waals surface area (Å²) in [4.78, 5) is 33.8. The number of fused-ring (bicyclic) bond motifs is 1. The van der Waals surface area contributed by atoms with Crippen molar-refractivity contribution in [2.24, 2.45) is 0 Å². The van der Waals surface area contributed by atoms with Crippen molar-refractivity contribution in [3.63, 3.8) is 0 Å². The van der Waals surface area contributed by atoms with Crippen LogP contribution in [0.15, 0.2) is 59.7 Å². The lowest BCUT2D eigenvalue weighted by Crippen LogP contribution is -2.48. The van der Waals surface area contributed by atoms with Gasteiger partial charge >= 0.3 is 0 Å². The summed E-state index contributed by atoms with van der Waals surface area (Å²) in [6.07, 6.45) is 1.86. The highest BCUT2D eigenvalue weighted by atomic mass is 16.2. The number of hydrogen-bond acceptors (Lipinski definition) is 4. The lowest BCUT2D eigenvalue weighted by Gasteiger charge is -2.35. The Morgan fingerprint density at radius 2 is 1.72 bits per heavy atom. The third-order valence-electron chi connectivity index (χ3n) is 5.68. The molecule has 3 aromatic rings. The van der Waals surface area contributed by atoms with Crippen LogP contribution in [0, 0.1) is 6.92 Å². The van der Waals surface area contributed by atoms with Crippen LogP contribution in [-0.2, 0) is 17.9 Å². The van der Waals surface area contributed by atoms with Gasteiger partial charge in [0.05, 0.1) is 17.2 Å². The van der Waals surface area contributed by atoms with Crippen LogP contribution in [0.25, 0.3) is 10.9 Å². The number of piperazine rings is 1. The van der Waals surface area contributed by atoms with E-state index in [1.165, 1.54) is 22.0 Å². The minimum atomic E-state index is -0.0912.